The van der Waals surface area contributed by atoms with Crippen molar-refractivity contribution in [2.24, 2.45) is 5.10 Å². The highest BCUT2D eigenvalue weighted by Gasteiger charge is 2.18. The van der Waals surface area contributed by atoms with E-state index in [1.54, 1.807) is 36.4 Å². The van der Waals surface area contributed by atoms with E-state index in [0.29, 0.717) is 28.0 Å². The van der Waals surface area contributed by atoms with Crippen LogP contribution in [0.1, 0.15) is 12.5 Å². The molecule has 0 aliphatic rings. The van der Waals surface area contributed by atoms with Gasteiger partial charge in [0, 0.05) is 11.1 Å². The van der Waals surface area contributed by atoms with Gasteiger partial charge in [0.05, 0.1) is 24.2 Å². The van der Waals surface area contributed by atoms with E-state index in [1.165, 1.54) is 24.9 Å². The monoisotopic (exact) mass is 443 g/mol. The van der Waals surface area contributed by atoms with E-state index in [0.717, 1.165) is 5.56 Å². The average Bonchev–Trinajstić information content (AvgIpc) is 2.84. The number of rotatable bonds is 7. The molecule has 0 saturated carbocycles. The molecule has 0 bridgehead atoms. The minimum atomic E-state index is -1.12. The number of nitrogens with zero attached hydrogens (tertiary/aromatic N) is 3. The Kier molecular flexibility index (Phi) is 6.17. The van der Waals surface area contributed by atoms with E-state index in [9.17, 15) is 14.7 Å². The first kappa shape index (κ1) is 21.8. The predicted molar refractivity (Wildman–Crippen MR) is 125 cm³/mol. The summed E-state index contributed by atoms with van der Waals surface area (Å²) < 4.78 is 12.2. The number of fused-ring (bicyclic) bond motifs is 1. The summed E-state index contributed by atoms with van der Waals surface area (Å²) in [5.41, 5.74) is 1.40. The van der Waals surface area contributed by atoms with Crippen LogP contribution in [0.25, 0.3) is 22.3 Å². The molecule has 0 aliphatic heterocycles. The molecule has 166 valence electrons. The van der Waals surface area contributed by atoms with Crippen molar-refractivity contribution in [3.63, 3.8) is 0 Å². The Morgan fingerprint density at radius 2 is 1.79 bits per heavy atom. The lowest BCUT2D eigenvalue weighted by Gasteiger charge is -2.16. The summed E-state index contributed by atoms with van der Waals surface area (Å²) in [5, 5.41) is 14.1. The molecule has 1 aromatic heterocycles. The Bertz CT molecular complexity index is 1400. The number of carboxylic acids is 1. The van der Waals surface area contributed by atoms with Crippen molar-refractivity contribution in [3.8, 4) is 22.9 Å². The number of benzene rings is 3. The second kappa shape index (κ2) is 9.35. The van der Waals surface area contributed by atoms with Crippen molar-refractivity contribution in [2.45, 2.75) is 13.0 Å². The maximum Gasteiger partial charge on any atom is 0.344 e. The summed E-state index contributed by atoms with van der Waals surface area (Å²) in [6.45, 7) is 1.42. The molecule has 4 rings (SSSR count). The second-order valence-corrected chi connectivity index (χ2v) is 7.16. The smallest absolute Gasteiger partial charge is 0.344 e. The number of para-hydroxylation sites is 2. The van der Waals surface area contributed by atoms with Crippen LogP contribution in [0.5, 0.6) is 11.5 Å². The number of hydrogen-bond acceptors (Lipinski definition) is 6. The molecular weight excluding hydrogens is 422 g/mol. The first-order valence-corrected chi connectivity index (χ1v) is 10.2. The van der Waals surface area contributed by atoms with Gasteiger partial charge in [-0.3, -0.25) is 4.79 Å². The van der Waals surface area contributed by atoms with Gasteiger partial charge in [-0.05, 0) is 31.2 Å². The van der Waals surface area contributed by atoms with Gasteiger partial charge >= 0.3 is 5.97 Å². The quantitative estimate of drug-likeness (QED) is 0.436. The lowest BCUT2D eigenvalue weighted by atomic mass is 10.2. The van der Waals surface area contributed by atoms with Crippen molar-refractivity contribution < 1.29 is 19.4 Å². The minimum Gasteiger partial charge on any atom is -0.493 e. The zero-order chi connectivity index (χ0) is 23.4. The molecule has 0 radical (unpaired) electrons. The number of hydrogen-bond donors (Lipinski definition) is 1. The fourth-order valence-electron chi connectivity index (χ4n) is 3.27. The summed E-state index contributed by atoms with van der Waals surface area (Å²) >= 11 is 0. The highest BCUT2D eigenvalue weighted by molar-refractivity contribution is 5.86. The molecule has 0 fully saturated rings. The molecule has 1 atom stereocenters. The highest BCUT2D eigenvalue weighted by Crippen LogP contribution is 2.31. The van der Waals surface area contributed by atoms with Crippen LogP contribution >= 0.6 is 0 Å². The van der Waals surface area contributed by atoms with Crippen LogP contribution < -0.4 is 15.0 Å². The van der Waals surface area contributed by atoms with Crippen molar-refractivity contribution in [3.05, 3.63) is 88.7 Å². The number of ether oxygens (including phenoxy) is 2. The zero-order valence-electron chi connectivity index (χ0n) is 18.0. The first-order valence-electron chi connectivity index (χ1n) is 10.2. The van der Waals surface area contributed by atoms with Crippen LogP contribution in [0.2, 0.25) is 0 Å². The largest absolute Gasteiger partial charge is 0.493 e. The molecule has 1 N–H and O–H groups in total. The summed E-state index contributed by atoms with van der Waals surface area (Å²) in [7, 11) is 1.46. The van der Waals surface area contributed by atoms with Crippen molar-refractivity contribution in [1.82, 2.24) is 9.66 Å². The minimum absolute atomic E-state index is 0.210. The van der Waals surface area contributed by atoms with Crippen molar-refractivity contribution in [1.29, 1.82) is 0 Å². The molecule has 4 aromatic rings. The van der Waals surface area contributed by atoms with Gasteiger partial charge in [0.25, 0.3) is 5.56 Å². The van der Waals surface area contributed by atoms with Crippen LogP contribution in [0.3, 0.4) is 0 Å². The summed E-state index contributed by atoms with van der Waals surface area (Å²) in [4.78, 5) is 29.3. The molecule has 1 heterocycles. The molecule has 0 unspecified atom stereocenters. The number of carboxylic acid groups (broad SMARTS) is 1. The molecular formula is C25H21N3O5. The Labute approximate surface area is 189 Å². The molecule has 8 nitrogen and oxygen atoms in total. The fourth-order valence-corrected chi connectivity index (χ4v) is 3.27. The topological polar surface area (TPSA) is 103 Å². The molecule has 0 amide bonds. The van der Waals surface area contributed by atoms with E-state index in [-0.39, 0.29) is 11.3 Å². The van der Waals surface area contributed by atoms with Gasteiger partial charge in [-0.2, -0.15) is 9.78 Å². The third kappa shape index (κ3) is 4.45. The number of carbonyl (C=O) groups is 1. The molecule has 8 heteroatoms. The number of aliphatic carboxylic acids is 1. The summed E-state index contributed by atoms with van der Waals surface area (Å²) in [6, 6.07) is 21.4. The van der Waals surface area contributed by atoms with Crippen LogP contribution in [0, 0.1) is 0 Å². The molecule has 3 aromatic carbocycles. The first-order chi connectivity index (χ1) is 16.0. The molecule has 0 aliphatic carbocycles. The van der Waals surface area contributed by atoms with E-state index < -0.39 is 12.1 Å². The Hall–Kier alpha value is -4.46. The van der Waals surface area contributed by atoms with E-state index in [2.05, 4.69) is 10.1 Å². The maximum absolute atomic E-state index is 13.3. The third-order valence-electron chi connectivity index (χ3n) is 4.97. The van der Waals surface area contributed by atoms with Crippen molar-refractivity contribution in [2.75, 3.05) is 7.11 Å². The average molecular weight is 443 g/mol. The van der Waals surface area contributed by atoms with Gasteiger partial charge < -0.3 is 14.6 Å². The fraction of sp³-hybridized carbons (Fsp3) is 0.120. The zero-order valence-corrected chi connectivity index (χ0v) is 18.0. The van der Waals surface area contributed by atoms with Gasteiger partial charge in [-0.1, -0.05) is 48.5 Å². The lowest BCUT2D eigenvalue weighted by molar-refractivity contribution is -0.144. The summed E-state index contributed by atoms with van der Waals surface area (Å²) in [6.07, 6.45) is 0.315. The number of aromatic nitrogens is 2. The maximum atomic E-state index is 13.3. The Morgan fingerprint density at radius 3 is 2.52 bits per heavy atom. The lowest BCUT2D eigenvalue weighted by Crippen LogP contribution is -2.24. The van der Waals surface area contributed by atoms with Crippen LogP contribution in [0.4, 0.5) is 0 Å². The molecule has 0 spiro atoms. The normalized spacial score (nSPS) is 12.1. The summed E-state index contributed by atoms with van der Waals surface area (Å²) in [5.74, 6) is -0.189. The third-order valence-corrected chi connectivity index (χ3v) is 4.97. The van der Waals surface area contributed by atoms with Gasteiger partial charge in [-0.15, -0.1) is 0 Å². The SMILES string of the molecule is COc1cccc(C=Nn2c(-c3ccccc3)nc3ccccc3c2=O)c1O[C@H](C)C(=O)O. The van der Waals surface area contributed by atoms with Crippen LogP contribution in [0.15, 0.2) is 82.7 Å². The predicted octanol–water partition coefficient (Wildman–Crippen LogP) is 3.81. The molecule has 0 saturated heterocycles. The van der Waals surface area contributed by atoms with Crippen LogP contribution in [-0.2, 0) is 4.79 Å². The van der Waals surface area contributed by atoms with Crippen LogP contribution in [-0.4, -0.2) is 40.2 Å². The number of methoxy groups -OCH3 is 1. The van der Waals surface area contributed by atoms with E-state index in [4.69, 9.17) is 9.47 Å². The van der Waals surface area contributed by atoms with E-state index in [1.807, 2.05) is 36.4 Å². The highest BCUT2D eigenvalue weighted by atomic mass is 16.5. The molecule has 33 heavy (non-hydrogen) atoms. The van der Waals surface area contributed by atoms with Gasteiger partial charge in [-0.25, -0.2) is 9.78 Å². The Morgan fingerprint density at radius 1 is 1.06 bits per heavy atom. The second-order valence-electron chi connectivity index (χ2n) is 7.16. The van der Waals surface area contributed by atoms with E-state index >= 15 is 0 Å². The standard InChI is InChI=1S/C25H21N3O5/c1-16(25(30)31)33-22-18(11-8-14-21(22)32-2)15-26-28-23(17-9-4-3-5-10-17)27-20-13-7-6-12-19(20)24(28)29/h3-16H,1-2H3,(H,30,31)/t16-/m1/s1. The van der Waals surface area contributed by atoms with Gasteiger partial charge in [0.1, 0.15) is 0 Å². The Balaban J connectivity index is 1.88. The van der Waals surface area contributed by atoms with Gasteiger partial charge in [0.2, 0.25) is 0 Å². The van der Waals surface area contributed by atoms with Crippen molar-refractivity contribution >= 4 is 23.1 Å². The van der Waals surface area contributed by atoms with Gasteiger partial charge in [0.15, 0.2) is 23.4 Å².